The molecule has 4 aliphatic rings. The summed E-state index contributed by atoms with van der Waals surface area (Å²) in [6, 6.07) is -0.989. The molecule has 3 amide bonds. The van der Waals surface area contributed by atoms with E-state index in [9.17, 15) is 19.5 Å². The SMILES string of the molecule is C=CCN(CCC)C(=O)[C@@H]1[C@H]2C(=O)N([C@@H](CC)CO)C(C(=O)N(CC=C)C3CCCCC3)C23S[C@@H]1CC3C. The van der Waals surface area contributed by atoms with Crippen molar-refractivity contribution >= 4 is 29.5 Å². The number of carbonyl (C=O) groups excluding carboxylic acids is 3. The van der Waals surface area contributed by atoms with Crippen molar-refractivity contribution in [2.24, 2.45) is 17.8 Å². The number of nitrogens with zero attached hydrogens (tertiary/aromatic N) is 3. The number of thioether (sulfide) groups is 1. The Bertz CT molecular complexity index is 917. The van der Waals surface area contributed by atoms with Crippen molar-refractivity contribution in [3.8, 4) is 0 Å². The highest BCUT2D eigenvalue weighted by atomic mass is 32.2. The van der Waals surface area contributed by atoms with Crippen molar-refractivity contribution < 1.29 is 19.5 Å². The molecule has 4 fully saturated rings. The molecule has 0 aromatic rings. The molecule has 38 heavy (non-hydrogen) atoms. The van der Waals surface area contributed by atoms with Crippen molar-refractivity contribution in [2.45, 2.75) is 100 Å². The lowest BCUT2D eigenvalue weighted by Gasteiger charge is -2.44. The minimum atomic E-state index is -0.680. The first-order valence-corrected chi connectivity index (χ1v) is 15.6. The van der Waals surface area contributed by atoms with Gasteiger partial charge >= 0.3 is 0 Å². The summed E-state index contributed by atoms with van der Waals surface area (Å²) < 4.78 is -0.665. The van der Waals surface area contributed by atoms with Crippen LogP contribution in [0.1, 0.15) is 72.1 Å². The molecule has 3 saturated heterocycles. The standard InChI is InChI=1S/C30H47N3O4S/c1-6-15-31(16-7-2)27(35)24-23-18-20(5)30(38-23)25(24)28(36)33(21(9-4)19-34)26(30)29(37)32(17-8-3)22-13-11-10-12-14-22/h6,8,20-26,34H,1,3,7,9-19H2,2,4-5H3/t20?,21-,23+,24-,25-,26?,30?/m0/s1. The van der Waals surface area contributed by atoms with E-state index in [1.165, 1.54) is 6.42 Å². The van der Waals surface area contributed by atoms with Crippen LogP contribution in [-0.4, -0.2) is 91.9 Å². The zero-order valence-electron chi connectivity index (χ0n) is 23.5. The minimum absolute atomic E-state index is 0.0108. The number of aliphatic hydroxyl groups excluding tert-OH is 1. The molecule has 1 aliphatic carbocycles. The van der Waals surface area contributed by atoms with Gasteiger partial charge in [-0.05, 0) is 38.0 Å². The van der Waals surface area contributed by atoms with E-state index >= 15 is 0 Å². The van der Waals surface area contributed by atoms with E-state index in [2.05, 4.69) is 20.1 Å². The van der Waals surface area contributed by atoms with Crippen LogP contribution in [-0.2, 0) is 14.4 Å². The van der Waals surface area contributed by atoms with Crippen LogP contribution in [0.3, 0.4) is 0 Å². The summed E-state index contributed by atoms with van der Waals surface area (Å²) >= 11 is 1.72. The fourth-order valence-electron chi connectivity index (χ4n) is 7.86. The topological polar surface area (TPSA) is 81.2 Å². The van der Waals surface area contributed by atoms with Crippen molar-refractivity contribution in [1.82, 2.24) is 14.7 Å². The summed E-state index contributed by atoms with van der Waals surface area (Å²) in [6.45, 7) is 15.3. The smallest absolute Gasteiger partial charge is 0.247 e. The van der Waals surface area contributed by atoms with Crippen LogP contribution in [0.2, 0.25) is 0 Å². The Morgan fingerprint density at radius 2 is 1.84 bits per heavy atom. The van der Waals surface area contributed by atoms with Gasteiger partial charge in [0.05, 0.1) is 29.2 Å². The molecule has 3 unspecified atom stereocenters. The first-order chi connectivity index (χ1) is 18.3. The molecular weight excluding hydrogens is 498 g/mol. The van der Waals surface area contributed by atoms with Crippen LogP contribution in [0, 0.1) is 17.8 Å². The third kappa shape index (κ3) is 4.63. The van der Waals surface area contributed by atoms with Crippen molar-refractivity contribution in [2.75, 3.05) is 26.2 Å². The third-order valence-electron chi connectivity index (χ3n) is 9.56. The van der Waals surface area contributed by atoms with Gasteiger partial charge in [0.1, 0.15) is 6.04 Å². The first kappa shape index (κ1) is 29.2. The van der Waals surface area contributed by atoms with Gasteiger partial charge in [0, 0.05) is 30.9 Å². The highest BCUT2D eigenvalue weighted by Crippen LogP contribution is 2.69. The van der Waals surface area contributed by atoms with E-state index in [4.69, 9.17) is 0 Å². The number of rotatable bonds is 12. The largest absolute Gasteiger partial charge is 0.394 e. The lowest BCUT2D eigenvalue weighted by atomic mass is 9.65. The average Bonchev–Trinajstić information content (AvgIpc) is 3.51. The van der Waals surface area contributed by atoms with Gasteiger partial charge in [0.15, 0.2) is 0 Å². The summed E-state index contributed by atoms with van der Waals surface area (Å²) in [5.41, 5.74) is 0. The van der Waals surface area contributed by atoms with Crippen LogP contribution in [0.25, 0.3) is 0 Å². The number of fused-ring (bicyclic) bond motifs is 1. The normalized spacial score (nSPS) is 33.2. The van der Waals surface area contributed by atoms with Gasteiger partial charge in [-0.25, -0.2) is 0 Å². The minimum Gasteiger partial charge on any atom is -0.394 e. The van der Waals surface area contributed by atoms with Gasteiger partial charge in [-0.3, -0.25) is 14.4 Å². The maximum Gasteiger partial charge on any atom is 0.247 e. The number of carbonyl (C=O) groups is 3. The van der Waals surface area contributed by atoms with Crippen LogP contribution < -0.4 is 0 Å². The fourth-order valence-corrected chi connectivity index (χ4v) is 10.3. The second-order valence-corrected chi connectivity index (χ2v) is 13.2. The Labute approximate surface area is 233 Å². The zero-order valence-corrected chi connectivity index (χ0v) is 24.3. The van der Waals surface area contributed by atoms with Gasteiger partial charge in [-0.2, -0.15) is 0 Å². The molecule has 8 heteroatoms. The van der Waals surface area contributed by atoms with Crippen LogP contribution in [0.15, 0.2) is 25.3 Å². The van der Waals surface area contributed by atoms with E-state index in [0.29, 0.717) is 26.1 Å². The maximum absolute atomic E-state index is 14.7. The second-order valence-electron chi connectivity index (χ2n) is 11.7. The van der Waals surface area contributed by atoms with Crippen LogP contribution in [0.5, 0.6) is 0 Å². The molecule has 1 N–H and O–H groups in total. The van der Waals surface area contributed by atoms with Crippen molar-refractivity contribution in [3.63, 3.8) is 0 Å². The highest BCUT2D eigenvalue weighted by molar-refractivity contribution is 8.02. The van der Waals surface area contributed by atoms with Gasteiger partial charge in [-0.1, -0.05) is 52.2 Å². The molecule has 7 atom stereocenters. The van der Waals surface area contributed by atoms with Crippen LogP contribution in [0.4, 0.5) is 0 Å². The summed E-state index contributed by atoms with van der Waals surface area (Å²) in [7, 11) is 0. The fraction of sp³-hybridized carbons (Fsp3) is 0.767. The number of hydrogen-bond acceptors (Lipinski definition) is 5. The highest BCUT2D eigenvalue weighted by Gasteiger charge is 2.77. The molecule has 1 spiro atoms. The van der Waals surface area contributed by atoms with Crippen LogP contribution >= 0.6 is 11.8 Å². The Balaban J connectivity index is 1.79. The van der Waals surface area contributed by atoms with Gasteiger partial charge < -0.3 is 19.8 Å². The lowest BCUT2D eigenvalue weighted by molar-refractivity contribution is -0.148. The molecule has 4 rings (SSSR count). The Hall–Kier alpha value is -1.80. The predicted octanol–water partition coefficient (Wildman–Crippen LogP) is 3.87. The molecule has 0 radical (unpaired) electrons. The van der Waals surface area contributed by atoms with Crippen molar-refractivity contribution in [3.05, 3.63) is 25.3 Å². The lowest BCUT2D eigenvalue weighted by Crippen LogP contribution is -2.60. The quantitative estimate of drug-likeness (QED) is 0.377. The molecule has 7 nitrogen and oxygen atoms in total. The van der Waals surface area contributed by atoms with E-state index in [1.54, 1.807) is 28.8 Å². The first-order valence-electron chi connectivity index (χ1n) is 14.7. The van der Waals surface area contributed by atoms with Gasteiger partial charge in [0.25, 0.3) is 0 Å². The summed E-state index contributed by atoms with van der Waals surface area (Å²) in [5.74, 6) is -1.03. The molecule has 1 saturated carbocycles. The third-order valence-corrected chi connectivity index (χ3v) is 11.6. The summed E-state index contributed by atoms with van der Waals surface area (Å²) in [5, 5.41) is 10.4. The van der Waals surface area contributed by atoms with E-state index in [-0.39, 0.29) is 41.5 Å². The molecule has 3 aliphatic heterocycles. The number of likely N-dealkylation sites (tertiary alicyclic amines) is 1. The second kappa shape index (κ2) is 12.2. The predicted molar refractivity (Wildman–Crippen MR) is 153 cm³/mol. The number of amides is 3. The Kier molecular flexibility index (Phi) is 9.34. The average molecular weight is 546 g/mol. The molecule has 3 heterocycles. The van der Waals surface area contributed by atoms with E-state index in [0.717, 1.165) is 38.5 Å². The molecule has 212 valence electrons. The molecule has 0 aromatic carbocycles. The monoisotopic (exact) mass is 545 g/mol. The van der Waals surface area contributed by atoms with E-state index < -0.39 is 28.7 Å². The van der Waals surface area contributed by atoms with Crippen molar-refractivity contribution in [1.29, 1.82) is 0 Å². The summed E-state index contributed by atoms with van der Waals surface area (Å²) in [6.07, 6.45) is 11.1. The number of aliphatic hydroxyl groups is 1. The molecule has 0 aromatic heterocycles. The zero-order chi connectivity index (χ0) is 27.6. The summed E-state index contributed by atoms with van der Waals surface area (Å²) in [4.78, 5) is 48.7. The molecule has 2 bridgehead atoms. The van der Waals surface area contributed by atoms with E-state index in [1.807, 2.05) is 23.6 Å². The number of hydrogen-bond donors (Lipinski definition) is 1. The molecular formula is C30H47N3O4S. The van der Waals surface area contributed by atoms with Gasteiger partial charge in [0.2, 0.25) is 17.7 Å². The Morgan fingerprint density at radius 1 is 1.16 bits per heavy atom. The maximum atomic E-state index is 14.7. The Morgan fingerprint density at radius 3 is 2.42 bits per heavy atom. The van der Waals surface area contributed by atoms with Gasteiger partial charge in [-0.15, -0.1) is 24.9 Å².